The normalized spacial score (nSPS) is 17.4. The van der Waals surface area contributed by atoms with Gasteiger partial charge in [0.15, 0.2) is 5.84 Å². The van der Waals surface area contributed by atoms with E-state index in [4.69, 9.17) is 10.9 Å². The molecule has 0 aromatic carbocycles. The highest BCUT2D eigenvalue weighted by Crippen LogP contribution is 2.24. The molecule has 0 aliphatic carbocycles. The zero-order chi connectivity index (χ0) is 13.6. The summed E-state index contributed by atoms with van der Waals surface area (Å²) < 4.78 is 0. The molecule has 0 fully saturated rings. The molecular weight excluding hydrogens is 222 g/mol. The van der Waals surface area contributed by atoms with E-state index in [1.807, 2.05) is 0 Å². The highest BCUT2D eigenvalue weighted by molar-refractivity contribution is 6.06. The SMILES string of the molecule is CCC(C)(C(=O)N(C)CCC(C)O)C(N)=NO. The van der Waals surface area contributed by atoms with E-state index in [2.05, 4.69) is 5.16 Å². The Balaban J connectivity index is 4.75. The van der Waals surface area contributed by atoms with Gasteiger partial charge in [0.2, 0.25) is 5.91 Å². The quantitative estimate of drug-likeness (QED) is 0.272. The number of amidine groups is 1. The fourth-order valence-corrected chi connectivity index (χ4v) is 1.46. The number of amides is 1. The van der Waals surface area contributed by atoms with Gasteiger partial charge in [0.1, 0.15) is 5.41 Å². The summed E-state index contributed by atoms with van der Waals surface area (Å²) in [6, 6.07) is 0. The van der Waals surface area contributed by atoms with Crippen LogP contribution in [0.25, 0.3) is 0 Å². The standard InChI is InChI=1S/C11H23N3O3/c1-5-11(3,9(12)13-17)10(16)14(4)7-6-8(2)15/h8,15,17H,5-7H2,1-4H3,(H2,12,13). The van der Waals surface area contributed by atoms with Crippen molar-refractivity contribution in [3.63, 3.8) is 0 Å². The Kier molecular flexibility index (Phi) is 5.95. The van der Waals surface area contributed by atoms with Crippen molar-refractivity contribution >= 4 is 11.7 Å². The first-order valence-corrected chi connectivity index (χ1v) is 5.71. The van der Waals surface area contributed by atoms with Crippen LogP contribution in [0, 0.1) is 5.41 Å². The fraction of sp³-hybridized carbons (Fsp3) is 0.818. The van der Waals surface area contributed by atoms with Crippen molar-refractivity contribution in [2.24, 2.45) is 16.3 Å². The summed E-state index contributed by atoms with van der Waals surface area (Å²) in [4.78, 5) is 13.7. The van der Waals surface area contributed by atoms with Gasteiger partial charge in [0.05, 0.1) is 6.10 Å². The molecule has 0 aliphatic heterocycles. The van der Waals surface area contributed by atoms with Gasteiger partial charge in [0, 0.05) is 13.6 Å². The van der Waals surface area contributed by atoms with Crippen LogP contribution >= 0.6 is 0 Å². The third kappa shape index (κ3) is 3.89. The maximum atomic E-state index is 12.2. The lowest BCUT2D eigenvalue weighted by molar-refractivity contribution is -0.136. The second-order valence-corrected chi connectivity index (χ2v) is 4.54. The van der Waals surface area contributed by atoms with Crippen LogP contribution in [-0.4, -0.2) is 46.7 Å². The van der Waals surface area contributed by atoms with E-state index in [1.54, 1.807) is 27.8 Å². The van der Waals surface area contributed by atoms with Crippen molar-refractivity contribution in [3.8, 4) is 0 Å². The Bertz CT molecular complexity index is 292. The third-order valence-corrected chi connectivity index (χ3v) is 3.08. The van der Waals surface area contributed by atoms with E-state index < -0.39 is 11.5 Å². The maximum Gasteiger partial charge on any atom is 0.235 e. The largest absolute Gasteiger partial charge is 0.409 e. The predicted octanol–water partition coefficient (Wildman–Crippen LogP) is 0.378. The first-order valence-electron chi connectivity index (χ1n) is 5.71. The molecule has 0 heterocycles. The monoisotopic (exact) mass is 245 g/mol. The number of hydrogen-bond acceptors (Lipinski definition) is 4. The van der Waals surface area contributed by atoms with Gasteiger partial charge in [-0.1, -0.05) is 12.1 Å². The summed E-state index contributed by atoms with van der Waals surface area (Å²) in [6.07, 6.45) is 0.487. The van der Waals surface area contributed by atoms with E-state index in [9.17, 15) is 9.90 Å². The molecule has 4 N–H and O–H groups in total. The summed E-state index contributed by atoms with van der Waals surface area (Å²) in [7, 11) is 1.64. The second-order valence-electron chi connectivity index (χ2n) is 4.54. The van der Waals surface area contributed by atoms with Crippen LogP contribution in [0.1, 0.15) is 33.6 Å². The van der Waals surface area contributed by atoms with Gasteiger partial charge in [-0.15, -0.1) is 0 Å². The molecule has 17 heavy (non-hydrogen) atoms. The van der Waals surface area contributed by atoms with Gasteiger partial charge in [-0.25, -0.2) is 0 Å². The van der Waals surface area contributed by atoms with Crippen molar-refractivity contribution < 1.29 is 15.1 Å². The molecule has 0 saturated carbocycles. The number of nitrogens with two attached hydrogens (primary N) is 1. The average Bonchev–Trinajstić information content (AvgIpc) is 2.32. The lowest BCUT2D eigenvalue weighted by Gasteiger charge is -2.30. The summed E-state index contributed by atoms with van der Waals surface area (Å²) in [5, 5.41) is 20.8. The van der Waals surface area contributed by atoms with Crippen molar-refractivity contribution in [1.82, 2.24) is 4.90 Å². The van der Waals surface area contributed by atoms with Gasteiger partial charge in [-0.3, -0.25) is 4.79 Å². The number of oxime groups is 1. The van der Waals surface area contributed by atoms with E-state index in [-0.39, 0.29) is 11.7 Å². The molecule has 0 aromatic rings. The van der Waals surface area contributed by atoms with Crippen molar-refractivity contribution in [3.05, 3.63) is 0 Å². The lowest BCUT2D eigenvalue weighted by Crippen LogP contribution is -2.48. The van der Waals surface area contributed by atoms with Gasteiger partial charge in [-0.05, 0) is 26.7 Å². The second kappa shape index (κ2) is 6.44. The minimum Gasteiger partial charge on any atom is -0.409 e. The molecule has 0 radical (unpaired) electrons. The van der Waals surface area contributed by atoms with Crippen LogP contribution < -0.4 is 5.73 Å². The number of carbonyl (C=O) groups excluding carboxylic acids is 1. The highest BCUT2D eigenvalue weighted by Gasteiger charge is 2.38. The molecule has 6 nitrogen and oxygen atoms in total. The molecule has 0 aromatic heterocycles. The molecule has 2 unspecified atom stereocenters. The topological polar surface area (TPSA) is 99.2 Å². The van der Waals surface area contributed by atoms with E-state index in [0.717, 1.165) is 0 Å². The van der Waals surface area contributed by atoms with Crippen molar-refractivity contribution in [2.45, 2.75) is 39.7 Å². The zero-order valence-corrected chi connectivity index (χ0v) is 11.0. The van der Waals surface area contributed by atoms with Gasteiger partial charge >= 0.3 is 0 Å². The summed E-state index contributed by atoms with van der Waals surface area (Å²) in [5.74, 6) is -0.301. The fourth-order valence-electron chi connectivity index (χ4n) is 1.46. The zero-order valence-electron chi connectivity index (χ0n) is 11.0. The summed E-state index contributed by atoms with van der Waals surface area (Å²) in [6.45, 7) is 5.55. The molecule has 0 rings (SSSR count). The molecule has 2 atom stereocenters. The highest BCUT2D eigenvalue weighted by atomic mass is 16.4. The maximum absolute atomic E-state index is 12.2. The summed E-state index contributed by atoms with van der Waals surface area (Å²) >= 11 is 0. The van der Waals surface area contributed by atoms with Gasteiger partial charge in [-0.2, -0.15) is 0 Å². The molecule has 0 aliphatic rings. The van der Waals surface area contributed by atoms with E-state index in [1.165, 1.54) is 4.90 Å². The molecule has 0 bridgehead atoms. The smallest absolute Gasteiger partial charge is 0.235 e. The number of nitrogens with zero attached hydrogens (tertiary/aromatic N) is 2. The van der Waals surface area contributed by atoms with Gasteiger partial charge < -0.3 is 20.9 Å². The van der Waals surface area contributed by atoms with Crippen LogP contribution in [0.3, 0.4) is 0 Å². The van der Waals surface area contributed by atoms with Crippen LogP contribution in [0.15, 0.2) is 5.16 Å². The number of aliphatic hydroxyl groups excluding tert-OH is 1. The number of carbonyl (C=O) groups is 1. The Labute approximate surface area is 102 Å². The molecule has 1 amide bonds. The lowest BCUT2D eigenvalue weighted by atomic mass is 9.84. The Hall–Kier alpha value is -1.30. The Morgan fingerprint density at radius 3 is 2.47 bits per heavy atom. The van der Waals surface area contributed by atoms with E-state index >= 15 is 0 Å². The van der Waals surface area contributed by atoms with Crippen molar-refractivity contribution in [2.75, 3.05) is 13.6 Å². The predicted molar refractivity (Wildman–Crippen MR) is 65.7 cm³/mol. The van der Waals surface area contributed by atoms with Crippen LogP contribution in [0.5, 0.6) is 0 Å². The molecule has 0 saturated heterocycles. The number of hydrogen-bond donors (Lipinski definition) is 3. The first-order chi connectivity index (χ1) is 7.79. The average molecular weight is 245 g/mol. The third-order valence-electron chi connectivity index (χ3n) is 3.08. The summed E-state index contributed by atoms with van der Waals surface area (Å²) in [5.41, 5.74) is 4.56. The van der Waals surface area contributed by atoms with Crippen molar-refractivity contribution in [1.29, 1.82) is 0 Å². The molecule has 100 valence electrons. The first kappa shape index (κ1) is 15.7. The molecule has 0 spiro atoms. The van der Waals surface area contributed by atoms with Crippen LogP contribution in [-0.2, 0) is 4.79 Å². The molecule has 6 heteroatoms. The number of rotatable bonds is 6. The van der Waals surface area contributed by atoms with Gasteiger partial charge in [0.25, 0.3) is 0 Å². The minimum absolute atomic E-state index is 0.0890. The molecular formula is C11H23N3O3. The Morgan fingerprint density at radius 2 is 2.12 bits per heavy atom. The Morgan fingerprint density at radius 1 is 1.59 bits per heavy atom. The van der Waals surface area contributed by atoms with Crippen LogP contribution in [0.2, 0.25) is 0 Å². The minimum atomic E-state index is -0.998. The van der Waals surface area contributed by atoms with Crippen LogP contribution in [0.4, 0.5) is 0 Å². The van der Waals surface area contributed by atoms with E-state index in [0.29, 0.717) is 19.4 Å². The number of aliphatic hydroxyl groups is 1.